The van der Waals surface area contributed by atoms with Gasteiger partial charge in [0.15, 0.2) is 0 Å². The number of nitriles is 1. The molecule has 0 bridgehead atoms. The summed E-state index contributed by atoms with van der Waals surface area (Å²) in [5.74, 6) is 1.28. The zero-order valence-corrected chi connectivity index (χ0v) is 10.5. The molecule has 2 rings (SSSR count). The summed E-state index contributed by atoms with van der Waals surface area (Å²) in [6.07, 6.45) is 0. The van der Waals surface area contributed by atoms with Crippen molar-refractivity contribution in [2.75, 3.05) is 5.73 Å². The lowest BCUT2D eigenvalue weighted by molar-refractivity contribution is 0.479. The summed E-state index contributed by atoms with van der Waals surface area (Å²) in [5.41, 5.74) is 7.42. The van der Waals surface area contributed by atoms with Crippen molar-refractivity contribution in [3.63, 3.8) is 0 Å². The van der Waals surface area contributed by atoms with Crippen LogP contribution in [0, 0.1) is 18.3 Å². The molecule has 0 atom stereocenters. The molecule has 2 aromatic carbocycles. The van der Waals surface area contributed by atoms with Gasteiger partial charge in [0.05, 0.1) is 5.56 Å². The average molecular weight is 259 g/mol. The molecule has 0 fully saturated rings. The summed E-state index contributed by atoms with van der Waals surface area (Å²) < 4.78 is 5.70. The lowest BCUT2D eigenvalue weighted by atomic mass is 10.2. The molecule has 0 heterocycles. The lowest BCUT2D eigenvalue weighted by Gasteiger charge is -2.09. The van der Waals surface area contributed by atoms with Gasteiger partial charge in [-0.2, -0.15) is 5.26 Å². The van der Waals surface area contributed by atoms with Crippen LogP contribution in [0.4, 0.5) is 5.69 Å². The number of aryl methyl sites for hydroxylation is 1. The average Bonchev–Trinajstić information content (AvgIpc) is 2.35. The third-order valence-corrected chi connectivity index (χ3v) is 2.75. The number of nitrogens with two attached hydrogens (primary N) is 1. The lowest BCUT2D eigenvalue weighted by Crippen LogP contribution is -1.92. The fraction of sp³-hybridized carbons (Fsp3) is 0.0714. The third-order valence-electron chi connectivity index (χ3n) is 2.51. The van der Waals surface area contributed by atoms with Gasteiger partial charge in [-0.25, -0.2) is 0 Å². The number of hydrogen-bond donors (Lipinski definition) is 1. The van der Waals surface area contributed by atoms with Crippen molar-refractivity contribution in [1.29, 1.82) is 5.26 Å². The van der Waals surface area contributed by atoms with Gasteiger partial charge in [0.25, 0.3) is 0 Å². The van der Waals surface area contributed by atoms with Gasteiger partial charge < -0.3 is 10.5 Å². The number of ether oxygens (including phenoxy) is 1. The number of benzene rings is 2. The highest BCUT2D eigenvalue weighted by Gasteiger charge is 2.05. The van der Waals surface area contributed by atoms with Crippen molar-refractivity contribution in [3.8, 4) is 17.6 Å². The molecular formula is C14H11ClN2O. The van der Waals surface area contributed by atoms with Crippen molar-refractivity contribution < 1.29 is 4.74 Å². The van der Waals surface area contributed by atoms with E-state index in [1.165, 1.54) is 0 Å². The van der Waals surface area contributed by atoms with E-state index in [1.54, 1.807) is 30.3 Å². The largest absolute Gasteiger partial charge is 0.457 e. The number of hydrogen-bond acceptors (Lipinski definition) is 3. The number of anilines is 1. The Labute approximate surface area is 110 Å². The number of halogens is 1. The van der Waals surface area contributed by atoms with Gasteiger partial charge in [-0.3, -0.25) is 0 Å². The second-order valence-corrected chi connectivity index (χ2v) is 4.31. The standard InChI is InChI=1S/C14H11ClN2O/c1-9-6-11(15)2-5-14(9)18-12-3-4-13(17)10(7-12)8-16/h2-7H,17H2,1H3. The van der Waals surface area contributed by atoms with Crippen molar-refractivity contribution in [1.82, 2.24) is 0 Å². The first-order chi connectivity index (χ1) is 8.60. The van der Waals surface area contributed by atoms with Crippen molar-refractivity contribution >= 4 is 17.3 Å². The summed E-state index contributed by atoms with van der Waals surface area (Å²) in [7, 11) is 0. The molecule has 0 aliphatic rings. The van der Waals surface area contributed by atoms with Gasteiger partial charge in [-0.15, -0.1) is 0 Å². The van der Waals surface area contributed by atoms with Crippen LogP contribution in [0.1, 0.15) is 11.1 Å². The minimum atomic E-state index is 0.402. The summed E-state index contributed by atoms with van der Waals surface area (Å²) >= 11 is 5.87. The molecule has 0 aromatic heterocycles. The molecule has 2 aromatic rings. The summed E-state index contributed by atoms with van der Waals surface area (Å²) in [6.45, 7) is 1.91. The van der Waals surface area contributed by atoms with Crippen LogP contribution in [-0.2, 0) is 0 Å². The van der Waals surface area contributed by atoms with E-state index in [1.807, 2.05) is 19.1 Å². The molecule has 0 spiro atoms. The van der Waals surface area contributed by atoms with Crippen molar-refractivity contribution in [3.05, 3.63) is 52.5 Å². The highest BCUT2D eigenvalue weighted by molar-refractivity contribution is 6.30. The summed E-state index contributed by atoms with van der Waals surface area (Å²) in [5, 5.41) is 9.56. The normalized spacial score (nSPS) is 9.83. The van der Waals surface area contributed by atoms with Crippen LogP contribution in [0.3, 0.4) is 0 Å². The first-order valence-electron chi connectivity index (χ1n) is 5.34. The van der Waals surface area contributed by atoms with Crippen molar-refractivity contribution in [2.45, 2.75) is 6.92 Å². The molecule has 0 amide bonds. The van der Waals surface area contributed by atoms with Gasteiger partial charge in [-0.05, 0) is 42.8 Å². The first kappa shape index (κ1) is 12.3. The minimum absolute atomic E-state index is 0.402. The quantitative estimate of drug-likeness (QED) is 0.831. The van der Waals surface area contributed by atoms with Crippen LogP contribution in [0.25, 0.3) is 0 Å². The summed E-state index contributed by atoms with van der Waals surface area (Å²) in [6, 6.07) is 12.4. The Hall–Kier alpha value is -2.18. The van der Waals surface area contributed by atoms with Crippen LogP contribution in [0.15, 0.2) is 36.4 Å². The number of nitrogens with zero attached hydrogens (tertiary/aromatic N) is 1. The molecule has 3 nitrogen and oxygen atoms in total. The van der Waals surface area contributed by atoms with Gasteiger partial charge in [0.1, 0.15) is 17.6 Å². The van der Waals surface area contributed by atoms with Crippen LogP contribution in [0.2, 0.25) is 5.02 Å². The van der Waals surface area contributed by atoms with Gasteiger partial charge in [0.2, 0.25) is 0 Å². The van der Waals surface area contributed by atoms with E-state index >= 15 is 0 Å². The molecule has 18 heavy (non-hydrogen) atoms. The predicted octanol–water partition coefficient (Wildman–Crippen LogP) is 3.89. The molecule has 90 valence electrons. The fourth-order valence-corrected chi connectivity index (χ4v) is 1.78. The van der Waals surface area contributed by atoms with E-state index in [9.17, 15) is 0 Å². The zero-order chi connectivity index (χ0) is 13.1. The topological polar surface area (TPSA) is 59.0 Å². The van der Waals surface area contributed by atoms with E-state index in [4.69, 9.17) is 27.3 Å². The van der Waals surface area contributed by atoms with E-state index in [0.29, 0.717) is 27.8 Å². The maximum absolute atomic E-state index is 8.90. The Kier molecular flexibility index (Phi) is 3.40. The molecule has 4 heteroatoms. The SMILES string of the molecule is Cc1cc(Cl)ccc1Oc1ccc(N)c(C#N)c1. The van der Waals surface area contributed by atoms with Crippen molar-refractivity contribution in [2.24, 2.45) is 0 Å². The Morgan fingerprint density at radius 2 is 2.00 bits per heavy atom. The highest BCUT2D eigenvalue weighted by atomic mass is 35.5. The molecular weight excluding hydrogens is 248 g/mol. The van der Waals surface area contributed by atoms with Crippen LogP contribution in [0.5, 0.6) is 11.5 Å². The molecule has 0 aliphatic carbocycles. The van der Waals surface area contributed by atoms with Gasteiger partial charge >= 0.3 is 0 Å². The fourth-order valence-electron chi connectivity index (χ4n) is 1.55. The number of rotatable bonds is 2. The Balaban J connectivity index is 2.32. The Morgan fingerprint density at radius 3 is 2.67 bits per heavy atom. The van der Waals surface area contributed by atoms with Crippen LogP contribution >= 0.6 is 11.6 Å². The minimum Gasteiger partial charge on any atom is -0.457 e. The molecule has 2 N–H and O–H groups in total. The Bertz CT molecular complexity index is 632. The molecule has 0 aliphatic heterocycles. The third kappa shape index (κ3) is 2.55. The maximum atomic E-state index is 8.90. The van der Waals surface area contributed by atoms with E-state index < -0.39 is 0 Å². The maximum Gasteiger partial charge on any atom is 0.130 e. The van der Waals surface area contributed by atoms with E-state index in [2.05, 4.69) is 0 Å². The number of nitrogen functional groups attached to an aromatic ring is 1. The molecule has 0 radical (unpaired) electrons. The smallest absolute Gasteiger partial charge is 0.130 e. The Morgan fingerprint density at radius 1 is 1.22 bits per heavy atom. The second-order valence-electron chi connectivity index (χ2n) is 3.87. The molecule has 0 saturated carbocycles. The second kappa shape index (κ2) is 4.99. The van der Waals surface area contributed by atoms with Gasteiger partial charge in [-0.1, -0.05) is 11.6 Å². The monoisotopic (exact) mass is 258 g/mol. The van der Waals surface area contributed by atoms with Gasteiger partial charge in [0, 0.05) is 16.8 Å². The first-order valence-corrected chi connectivity index (χ1v) is 5.71. The van der Waals surface area contributed by atoms with E-state index in [0.717, 1.165) is 5.56 Å². The highest BCUT2D eigenvalue weighted by Crippen LogP contribution is 2.28. The van der Waals surface area contributed by atoms with Crippen LogP contribution < -0.4 is 10.5 Å². The zero-order valence-electron chi connectivity index (χ0n) is 9.77. The van der Waals surface area contributed by atoms with E-state index in [-0.39, 0.29) is 0 Å². The molecule has 0 unspecified atom stereocenters. The molecule has 0 saturated heterocycles. The van der Waals surface area contributed by atoms with Crippen LogP contribution in [-0.4, -0.2) is 0 Å². The summed E-state index contributed by atoms with van der Waals surface area (Å²) in [4.78, 5) is 0. The predicted molar refractivity (Wildman–Crippen MR) is 71.8 cm³/mol.